The van der Waals surface area contributed by atoms with E-state index in [1.165, 1.54) is 71.4 Å². The summed E-state index contributed by atoms with van der Waals surface area (Å²) in [5.41, 5.74) is 0. The van der Waals surface area contributed by atoms with E-state index in [4.69, 9.17) is 0 Å². The number of hydrogen-bond donors (Lipinski definition) is 1. The molecule has 120 valence electrons. The van der Waals surface area contributed by atoms with Crippen molar-refractivity contribution in [1.82, 2.24) is 15.1 Å². The number of likely N-dealkylation sites (tertiary alicyclic amines) is 1. The lowest BCUT2D eigenvalue weighted by molar-refractivity contribution is 0.209. The molecular weight excluding hydrogens is 246 g/mol. The summed E-state index contributed by atoms with van der Waals surface area (Å²) in [5, 5.41) is 3.66. The second kappa shape index (κ2) is 10.6. The molecule has 2 atom stereocenters. The summed E-state index contributed by atoms with van der Waals surface area (Å²) < 4.78 is 0. The molecule has 20 heavy (non-hydrogen) atoms. The molecule has 0 bridgehead atoms. The summed E-state index contributed by atoms with van der Waals surface area (Å²) in [6.45, 7) is 16.6. The number of nitrogens with one attached hydrogen (secondary N) is 1. The van der Waals surface area contributed by atoms with Gasteiger partial charge in [-0.15, -0.1) is 0 Å². The van der Waals surface area contributed by atoms with Crippen molar-refractivity contribution in [3.63, 3.8) is 0 Å². The van der Waals surface area contributed by atoms with Crippen molar-refractivity contribution in [3.05, 3.63) is 0 Å². The van der Waals surface area contributed by atoms with Gasteiger partial charge in [-0.2, -0.15) is 0 Å². The molecule has 3 nitrogen and oxygen atoms in total. The molecule has 0 aromatic carbocycles. The fourth-order valence-electron chi connectivity index (χ4n) is 3.41. The molecule has 0 aromatic heterocycles. The monoisotopic (exact) mass is 283 g/mol. The first-order valence-corrected chi connectivity index (χ1v) is 8.94. The Balaban J connectivity index is 2.16. The van der Waals surface area contributed by atoms with Gasteiger partial charge in [-0.3, -0.25) is 4.90 Å². The normalized spacial score (nSPS) is 21.8. The van der Waals surface area contributed by atoms with Crippen LogP contribution in [0.1, 0.15) is 59.8 Å². The van der Waals surface area contributed by atoms with E-state index in [0.717, 1.165) is 12.1 Å². The van der Waals surface area contributed by atoms with E-state index in [-0.39, 0.29) is 0 Å². The highest BCUT2D eigenvalue weighted by Crippen LogP contribution is 2.16. The minimum Gasteiger partial charge on any atom is -0.314 e. The molecule has 1 saturated heterocycles. The zero-order valence-corrected chi connectivity index (χ0v) is 14.3. The molecule has 2 unspecified atom stereocenters. The Morgan fingerprint density at radius 1 is 1.20 bits per heavy atom. The van der Waals surface area contributed by atoms with Gasteiger partial charge < -0.3 is 10.2 Å². The van der Waals surface area contributed by atoms with Crippen molar-refractivity contribution in [1.29, 1.82) is 0 Å². The van der Waals surface area contributed by atoms with Gasteiger partial charge in [0.2, 0.25) is 0 Å². The van der Waals surface area contributed by atoms with Crippen LogP contribution in [0.4, 0.5) is 0 Å². The van der Waals surface area contributed by atoms with Crippen LogP contribution in [0, 0.1) is 0 Å². The van der Waals surface area contributed by atoms with E-state index in [2.05, 4.69) is 42.8 Å². The van der Waals surface area contributed by atoms with Crippen LogP contribution in [0.5, 0.6) is 0 Å². The molecule has 0 spiro atoms. The van der Waals surface area contributed by atoms with Crippen LogP contribution >= 0.6 is 0 Å². The number of rotatable bonds is 11. The van der Waals surface area contributed by atoms with Gasteiger partial charge in [0.1, 0.15) is 0 Å². The molecule has 1 rings (SSSR count). The Labute approximate surface area is 127 Å². The van der Waals surface area contributed by atoms with Crippen molar-refractivity contribution in [2.75, 3.05) is 39.3 Å². The zero-order valence-electron chi connectivity index (χ0n) is 14.3. The average molecular weight is 284 g/mol. The van der Waals surface area contributed by atoms with Gasteiger partial charge in [-0.1, -0.05) is 27.7 Å². The van der Waals surface area contributed by atoms with Crippen LogP contribution in [0.25, 0.3) is 0 Å². The second-order valence-corrected chi connectivity index (χ2v) is 6.17. The van der Waals surface area contributed by atoms with Gasteiger partial charge in [0.25, 0.3) is 0 Å². The van der Waals surface area contributed by atoms with E-state index in [1.807, 2.05) is 0 Å². The predicted molar refractivity (Wildman–Crippen MR) is 89.4 cm³/mol. The first-order chi connectivity index (χ1) is 9.74. The van der Waals surface area contributed by atoms with E-state index < -0.39 is 0 Å². The highest BCUT2D eigenvalue weighted by Gasteiger charge is 2.25. The molecular formula is C17H37N3. The molecule has 3 heteroatoms. The lowest BCUT2D eigenvalue weighted by atomic mass is 10.1. The highest BCUT2D eigenvalue weighted by atomic mass is 15.2. The van der Waals surface area contributed by atoms with Crippen molar-refractivity contribution < 1.29 is 0 Å². The van der Waals surface area contributed by atoms with Gasteiger partial charge in [-0.05, 0) is 64.8 Å². The summed E-state index contributed by atoms with van der Waals surface area (Å²) >= 11 is 0. The van der Waals surface area contributed by atoms with E-state index in [1.54, 1.807) is 0 Å². The number of nitrogens with zero attached hydrogens (tertiary/aromatic N) is 2. The molecule has 1 aliphatic heterocycles. The van der Waals surface area contributed by atoms with Crippen LogP contribution in [0.3, 0.4) is 0 Å². The van der Waals surface area contributed by atoms with Gasteiger partial charge in [0.15, 0.2) is 0 Å². The Bertz CT molecular complexity index is 228. The van der Waals surface area contributed by atoms with Gasteiger partial charge in [-0.25, -0.2) is 0 Å². The van der Waals surface area contributed by atoms with Crippen LogP contribution < -0.4 is 5.32 Å². The first kappa shape index (κ1) is 17.9. The Hall–Kier alpha value is -0.120. The van der Waals surface area contributed by atoms with Gasteiger partial charge >= 0.3 is 0 Å². The lowest BCUT2D eigenvalue weighted by Gasteiger charge is -2.26. The maximum Gasteiger partial charge on any atom is 0.0235 e. The summed E-state index contributed by atoms with van der Waals surface area (Å²) in [5.74, 6) is 0. The summed E-state index contributed by atoms with van der Waals surface area (Å²) in [4.78, 5) is 5.30. The Morgan fingerprint density at radius 3 is 2.55 bits per heavy atom. The fourth-order valence-corrected chi connectivity index (χ4v) is 3.41. The molecule has 0 aliphatic carbocycles. The van der Waals surface area contributed by atoms with E-state index in [9.17, 15) is 0 Å². The van der Waals surface area contributed by atoms with E-state index >= 15 is 0 Å². The third kappa shape index (κ3) is 6.11. The molecule has 0 amide bonds. The number of hydrogen-bond acceptors (Lipinski definition) is 3. The molecule has 1 aliphatic rings. The summed E-state index contributed by atoms with van der Waals surface area (Å²) in [6.07, 6.45) is 6.56. The van der Waals surface area contributed by atoms with Crippen LogP contribution in [-0.2, 0) is 0 Å². The van der Waals surface area contributed by atoms with Crippen LogP contribution in [-0.4, -0.2) is 61.2 Å². The maximum absolute atomic E-state index is 3.66. The quantitative estimate of drug-likeness (QED) is 0.629. The lowest BCUT2D eigenvalue weighted by Crippen LogP contribution is -2.37. The number of likely N-dealkylation sites (N-methyl/N-ethyl adjacent to an activating group) is 1. The Kier molecular flexibility index (Phi) is 9.49. The minimum absolute atomic E-state index is 0.733. The zero-order chi connectivity index (χ0) is 14.8. The van der Waals surface area contributed by atoms with Crippen molar-refractivity contribution in [3.8, 4) is 0 Å². The largest absolute Gasteiger partial charge is 0.314 e. The minimum atomic E-state index is 0.733. The van der Waals surface area contributed by atoms with E-state index in [0.29, 0.717) is 0 Å². The molecule has 1 fully saturated rings. The topological polar surface area (TPSA) is 18.5 Å². The average Bonchev–Trinajstić information content (AvgIpc) is 2.92. The van der Waals surface area contributed by atoms with Crippen molar-refractivity contribution in [2.45, 2.75) is 71.9 Å². The maximum atomic E-state index is 3.66. The first-order valence-electron chi connectivity index (χ1n) is 8.94. The van der Waals surface area contributed by atoms with Crippen molar-refractivity contribution >= 4 is 0 Å². The molecule has 0 saturated carbocycles. The second-order valence-electron chi connectivity index (χ2n) is 6.17. The SMILES string of the molecule is CCCNC(CC)CCCN1CCC(N(CC)CC)C1. The van der Waals surface area contributed by atoms with Crippen LogP contribution in [0.2, 0.25) is 0 Å². The van der Waals surface area contributed by atoms with Crippen LogP contribution in [0.15, 0.2) is 0 Å². The molecule has 0 radical (unpaired) electrons. The predicted octanol–water partition coefficient (Wildman–Crippen LogP) is 2.96. The highest BCUT2D eigenvalue weighted by molar-refractivity contribution is 4.82. The standard InChI is InChI=1S/C17H37N3/c1-5-12-18-16(6-2)10-9-13-19-14-11-17(15-19)20(7-3)8-4/h16-18H,5-15H2,1-4H3. The smallest absolute Gasteiger partial charge is 0.0235 e. The fraction of sp³-hybridized carbons (Fsp3) is 1.00. The summed E-state index contributed by atoms with van der Waals surface area (Å²) in [7, 11) is 0. The summed E-state index contributed by atoms with van der Waals surface area (Å²) in [6, 6.07) is 1.54. The third-order valence-corrected chi connectivity index (χ3v) is 4.78. The molecule has 1 N–H and O–H groups in total. The van der Waals surface area contributed by atoms with Gasteiger partial charge in [0, 0.05) is 18.6 Å². The Morgan fingerprint density at radius 2 is 1.95 bits per heavy atom. The molecule has 1 heterocycles. The third-order valence-electron chi connectivity index (χ3n) is 4.78. The molecule has 0 aromatic rings. The van der Waals surface area contributed by atoms with Crippen molar-refractivity contribution in [2.24, 2.45) is 0 Å². The van der Waals surface area contributed by atoms with Gasteiger partial charge in [0.05, 0.1) is 0 Å².